The zero-order chi connectivity index (χ0) is 12.5. The summed E-state index contributed by atoms with van der Waals surface area (Å²) in [6.07, 6.45) is 6.41. The monoisotopic (exact) mass is 232 g/mol. The molecule has 17 heavy (non-hydrogen) atoms. The summed E-state index contributed by atoms with van der Waals surface area (Å²) >= 11 is 0. The van der Waals surface area contributed by atoms with E-state index in [1.54, 1.807) is 0 Å². The van der Waals surface area contributed by atoms with E-state index >= 15 is 0 Å². The van der Waals surface area contributed by atoms with E-state index in [9.17, 15) is 0 Å². The fraction of sp³-hybridized carbons (Fsp3) is 0.667. The molecule has 1 saturated carbocycles. The lowest BCUT2D eigenvalue weighted by Crippen LogP contribution is -2.53. The van der Waals surface area contributed by atoms with Gasteiger partial charge in [0.2, 0.25) is 0 Å². The van der Waals surface area contributed by atoms with Crippen molar-refractivity contribution in [1.82, 2.24) is 10.3 Å². The topological polar surface area (TPSA) is 24.9 Å². The fourth-order valence-electron chi connectivity index (χ4n) is 3.29. The molecule has 1 aliphatic carbocycles. The second-order valence-electron chi connectivity index (χ2n) is 6.58. The van der Waals surface area contributed by atoms with Crippen LogP contribution in [0.5, 0.6) is 0 Å². The quantitative estimate of drug-likeness (QED) is 0.862. The summed E-state index contributed by atoms with van der Waals surface area (Å²) in [6.45, 7) is 10.2. The van der Waals surface area contributed by atoms with Crippen molar-refractivity contribution in [2.24, 2.45) is 5.41 Å². The smallest absolute Gasteiger partial charge is 0.0306 e. The number of aromatic nitrogens is 1. The first-order chi connectivity index (χ1) is 7.94. The maximum Gasteiger partial charge on any atom is 0.0306 e. The highest BCUT2D eigenvalue weighted by Crippen LogP contribution is 2.54. The zero-order valence-electron chi connectivity index (χ0n) is 11.5. The molecule has 0 saturated heterocycles. The van der Waals surface area contributed by atoms with Crippen molar-refractivity contribution < 1.29 is 0 Å². The van der Waals surface area contributed by atoms with Crippen LogP contribution in [0.2, 0.25) is 0 Å². The van der Waals surface area contributed by atoms with Gasteiger partial charge in [0.15, 0.2) is 0 Å². The van der Waals surface area contributed by atoms with Crippen LogP contribution in [0.3, 0.4) is 0 Å². The molecule has 0 bridgehead atoms. The molecule has 0 atom stereocenters. The van der Waals surface area contributed by atoms with Crippen LogP contribution in [0.1, 0.15) is 46.1 Å². The lowest BCUT2D eigenvalue weighted by molar-refractivity contribution is 0.0545. The fourth-order valence-corrected chi connectivity index (χ4v) is 3.29. The van der Waals surface area contributed by atoms with E-state index in [0.717, 1.165) is 6.54 Å². The van der Waals surface area contributed by atoms with E-state index in [0.29, 0.717) is 16.9 Å². The van der Waals surface area contributed by atoms with Gasteiger partial charge in [-0.05, 0) is 29.9 Å². The molecular weight excluding hydrogens is 208 g/mol. The highest BCUT2D eigenvalue weighted by atomic mass is 14.9. The Morgan fingerprint density at radius 2 is 2.06 bits per heavy atom. The van der Waals surface area contributed by atoms with Crippen LogP contribution >= 0.6 is 0 Å². The standard InChI is InChI=1S/C15H24N2/c1-12(2)17-11-15(9-14(3,4)10-15)13-6-5-7-16-8-13/h5-8,12,17H,9-11H2,1-4H3. The Kier molecular flexibility index (Phi) is 3.26. The van der Waals surface area contributed by atoms with Crippen molar-refractivity contribution >= 4 is 0 Å². The molecule has 2 rings (SSSR count). The average Bonchev–Trinajstić information content (AvgIpc) is 2.24. The molecule has 0 unspecified atom stereocenters. The normalized spacial score (nSPS) is 21.2. The molecule has 0 radical (unpaired) electrons. The van der Waals surface area contributed by atoms with Gasteiger partial charge < -0.3 is 5.32 Å². The number of rotatable bonds is 4. The number of pyridine rings is 1. The van der Waals surface area contributed by atoms with Crippen LogP contribution in [0.4, 0.5) is 0 Å². The van der Waals surface area contributed by atoms with E-state index in [1.165, 1.54) is 18.4 Å². The van der Waals surface area contributed by atoms with Crippen molar-refractivity contribution in [3.8, 4) is 0 Å². The molecule has 0 aromatic carbocycles. The first-order valence-corrected chi connectivity index (χ1v) is 6.58. The van der Waals surface area contributed by atoms with Crippen LogP contribution in [0.15, 0.2) is 24.5 Å². The minimum atomic E-state index is 0.308. The largest absolute Gasteiger partial charge is 0.314 e. The highest BCUT2D eigenvalue weighted by molar-refractivity contribution is 5.28. The summed E-state index contributed by atoms with van der Waals surface area (Å²) in [5, 5.41) is 3.60. The Morgan fingerprint density at radius 1 is 1.35 bits per heavy atom. The second kappa shape index (κ2) is 4.41. The van der Waals surface area contributed by atoms with E-state index in [4.69, 9.17) is 0 Å². The van der Waals surface area contributed by atoms with Crippen LogP contribution in [-0.4, -0.2) is 17.6 Å². The Hall–Kier alpha value is -0.890. The summed E-state index contributed by atoms with van der Waals surface area (Å²) in [5.74, 6) is 0. The van der Waals surface area contributed by atoms with Gasteiger partial charge in [0.25, 0.3) is 0 Å². The van der Waals surface area contributed by atoms with Gasteiger partial charge >= 0.3 is 0 Å². The molecule has 1 heterocycles. The Labute approximate surface area is 105 Å². The van der Waals surface area contributed by atoms with E-state index in [1.807, 2.05) is 12.4 Å². The van der Waals surface area contributed by atoms with Crippen LogP contribution in [-0.2, 0) is 5.41 Å². The zero-order valence-corrected chi connectivity index (χ0v) is 11.5. The Balaban J connectivity index is 2.15. The highest BCUT2D eigenvalue weighted by Gasteiger charge is 2.49. The van der Waals surface area contributed by atoms with Gasteiger partial charge in [-0.2, -0.15) is 0 Å². The molecule has 1 aliphatic rings. The van der Waals surface area contributed by atoms with Gasteiger partial charge in [0, 0.05) is 30.4 Å². The molecule has 2 nitrogen and oxygen atoms in total. The van der Waals surface area contributed by atoms with Crippen molar-refractivity contribution in [2.45, 2.75) is 52.0 Å². The van der Waals surface area contributed by atoms with Crippen molar-refractivity contribution in [1.29, 1.82) is 0 Å². The molecule has 1 aromatic rings. The van der Waals surface area contributed by atoms with Crippen LogP contribution in [0.25, 0.3) is 0 Å². The molecule has 1 fully saturated rings. The molecule has 94 valence electrons. The van der Waals surface area contributed by atoms with E-state index < -0.39 is 0 Å². The minimum absolute atomic E-state index is 0.308. The molecular formula is C15H24N2. The van der Waals surface area contributed by atoms with Gasteiger partial charge in [-0.3, -0.25) is 4.98 Å². The maximum absolute atomic E-state index is 4.28. The summed E-state index contributed by atoms with van der Waals surface area (Å²) < 4.78 is 0. The molecule has 0 amide bonds. The lowest BCUT2D eigenvalue weighted by atomic mass is 9.52. The number of hydrogen-bond acceptors (Lipinski definition) is 2. The van der Waals surface area contributed by atoms with Crippen molar-refractivity contribution in [3.05, 3.63) is 30.1 Å². The second-order valence-corrected chi connectivity index (χ2v) is 6.58. The van der Waals surface area contributed by atoms with Gasteiger partial charge in [0.05, 0.1) is 0 Å². The van der Waals surface area contributed by atoms with Crippen molar-refractivity contribution in [3.63, 3.8) is 0 Å². The summed E-state index contributed by atoms with van der Waals surface area (Å²) in [6, 6.07) is 4.83. The molecule has 1 N–H and O–H groups in total. The van der Waals surface area contributed by atoms with E-state index in [2.05, 4.69) is 50.1 Å². The molecule has 2 heteroatoms. The number of nitrogens with one attached hydrogen (secondary N) is 1. The third-order valence-electron chi connectivity index (χ3n) is 3.76. The predicted octanol–water partition coefficient (Wildman–Crippen LogP) is 3.14. The predicted molar refractivity (Wildman–Crippen MR) is 72.1 cm³/mol. The minimum Gasteiger partial charge on any atom is -0.314 e. The Morgan fingerprint density at radius 3 is 2.53 bits per heavy atom. The van der Waals surface area contributed by atoms with E-state index in [-0.39, 0.29) is 0 Å². The molecule has 0 aliphatic heterocycles. The SMILES string of the molecule is CC(C)NCC1(c2cccnc2)CC(C)(C)C1. The summed E-state index contributed by atoms with van der Waals surface area (Å²) in [4.78, 5) is 4.28. The summed E-state index contributed by atoms with van der Waals surface area (Å²) in [7, 11) is 0. The number of nitrogens with zero attached hydrogens (tertiary/aromatic N) is 1. The van der Waals surface area contributed by atoms with Crippen LogP contribution < -0.4 is 5.32 Å². The first kappa shape index (κ1) is 12.6. The third-order valence-corrected chi connectivity index (χ3v) is 3.76. The number of hydrogen-bond donors (Lipinski definition) is 1. The van der Waals surface area contributed by atoms with Crippen molar-refractivity contribution in [2.75, 3.05) is 6.54 Å². The lowest BCUT2D eigenvalue weighted by Gasteiger charge is -2.54. The van der Waals surface area contributed by atoms with Gasteiger partial charge in [-0.25, -0.2) is 0 Å². The van der Waals surface area contributed by atoms with Gasteiger partial charge in [0.1, 0.15) is 0 Å². The van der Waals surface area contributed by atoms with Gasteiger partial charge in [-0.1, -0.05) is 33.8 Å². The first-order valence-electron chi connectivity index (χ1n) is 6.58. The van der Waals surface area contributed by atoms with Gasteiger partial charge in [-0.15, -0.1) is 0 Å². The molecule has 1 aromatic heterocycles. The van der Waals surface area contributed by atoms with Crippen LogP contribution in [0, 0.1) is 5.41 Å². The average molecular weight is 232 g/mol. The Bertz CT molecular complexity index is 360. The summed E-state index contributed by atoms with van der Waals surface area (Å²) in [5.41, 5.74) is 2.18. The maximum atomic E-state index is 4.28. The third kappa shape index (κ3) is 2.68. The molecule has 0 spiro atoms.